The Balaban J connectivity index is 2.28. The van der Waals surface area contributed by atoms with E-state index < -0.39 is 6.04 Å². The Morgan fingerprint density at radius 1 is 1.16 bits per heavy atom. The minimum Gasteiger partial charge on any atom is -0.366 e. The van der Waals surface area contributed by atoms with Crippen molar-refractivity contribution in [2.24, 2.45) is 0 Å². The van der Waals surface area contributed by atoms with Gasteiger partial charge in [0.15, 0.2) is 0 Å². The van der Waals surface area contributed by atoms with Crippen molar-refractivity contribution < 1.29 is 4.39 Å². The van der Waals surface area contributed by atoms with Crippen LogP contribution in [-0.4, -0.2) is 0 Å². The summed E-state index contributed by atoms with van der Waals surface area (Å²) in [6.45, 7) is 3.98. The molecule has 2 aromatic carbocycles. The SMILES string of the molecule is Cc1ccc(C(C#N)Nc2cccc(F)c2)c(C)c1. The lowest BCUT2D eigenvalue weighted by atomic mass is 10.00. The van der Waals surface area contributed by atoms with Crippen LogP contribution >= 0.6 is 0 Å². The van der Waals surface area contributed by atoms with Crippen molar-refractivity contribution in [1.29, 1.82) is 5.26 Å². The zero-order valence-corrected chi connectivity index (χ0v) is 10.9. The summed E-state index contributed by atoms with van der Waals surface area (Å²) < 4.78 is 13.1. The number of nitrogens with one attached hydrogen (secondary N) is 1. The topological polar surface area (TPSA) is 35.8 Å². The molecular formula is C16H15FN2. The van der Waals surface area contributed by atoms with Gasteiger partial charge in [0.05, 0.1) is 6.07 Å². The first-order chi connectivity index (χ1) is 9.10. The molecule has 3 heteroatoms. The number of hydrogen-bond acceptors (Lipinski definition) is 2. The van der Waals surface area contributed by atoms with Gasteiger partial charge >= 0.3 is 0 Å². The fourth-order valence-corrected chi connectivity index (χ4v) is 2.07. The highest BCUT2D eigenvalue weighted by molar-refractivity contribution is 5.49. The summed E-state index contributed by atoms with van der Waals surface area (Å²) in [7, 11) is 0. The van der Waals surface area contributed by atoms with Gasteiger partial charge in [-0.1, -0.05) is 29.8 Å². The molecule has 1 unspecified atom stereocenters. The number of nitriles is 1. The van der Waals surface area contributed by atoms with Gasteiger partial charge in [-0.2, -0.15) is 5.26 Å². The molecule has 2 aromatic rings. The second-order valence-electron chi connectivity index (χ2n) is 4.58. The van der Waals surface area contributed by atoms with Crippen LogP contribution in [0.4, 0.5) is 10.1 Å². The Labute approximate surface area is 112 Å². The summed E-state index contributed by atoms with van der Waals surface area (Å²) in [4.78, 5) is 0. The van der Waals surface area contributed by atoms with Gasteiger partial charge in [-0.05, 0) is 43.2 Å². The molecule has 2 rings (SSSR count). The summed E-state index contributed by atoms with van der Waals surface area (Å²) >= 11 is 0. The van der Waals surface area contributed by atoms with Crippen LogP contribution in [0, 0.1) is 31.0 Å². The molecule has 2 nitrogen and oxygen atoms in total. The van der Waals surface area contributed by atoms with E-state index in [1.54, 1.807) is 12.1 Å². The molecule has 19 heavy (non-hydrogen) atoms. The van der Waals surface area contributed by atoms with Gasteiger partial charge in [0.1, 0.15) is 11.9 Å². The number of nitrogens with zero attached hydrogens (tertiary/aromatic N) is 1. The van der Waals surface area contributed by atoms with Crippen LogP contribution < -0.4 is 5.32 Å². The maximum atomic E-state index is 13.1. The van der Waals surface area contributed by atoms with Gasteiger partial charge in [0, 0.05) is 5.69 Å². The molecule has 0 bridgehead atoms. The van der Waals surface area contributed by atoms with Gasteiger partial charge in [-0.25, -0.2) is 4.39 Å². The van der Waals surface area contributed by atoms with Crippen LogP contribution in [0.1, 0.15) is 22.7 Å². The van der Waals surface area contributed by atoms with Crippen LogP contribution in [0.3, 0.4) is 0 Å². The van der Waals surface area contributed by atoms with E-state index in [9.17, 15) is 9.65 Å². The smallest absolute Gasteiger partial charge is 0.140 e. The summed E-state index contributed by atoms with van der Waals surface area (Å²) in [5.74, 6) is -0.317. The van der Waals surface area contributed by atoms with E-state index in [0.29, 0.717) is 5.69 Å². The molecule has 0 saturated carbocycles. The maximum absolute atomic E-state index is 13.1. The third kappa shape index (κ3) is 3.11. The van der Waals surface area contributed by atoms with E-state index >= 15 is 0 Å². The summed E-state index contributed by atoms with van der Waals surface area (Å²) in [6, 6.07) is 13.8. The Morgan fingerprint density at radius 2 is 1.95 bits per heavy atom. The lowest BCUT2D eigenvalue weighted by Crippen LogP contribution is -2.10. The molecule has 0 heterocycles. The van der Waals surface area contributed by atoms with Crippen molar-refractivity contribution in [1.82, 2.24) is 0 Å². The predicted molar refractivity (Wildman–Crippen MR) is 74.3 cm³/mol. The summed E-state index contributed by atoms with van der Waals surface area (Å²) in [6.07, 6.45) is 0. The molecule has 1 atom stereocenters. The lowest BCUT2D eigenvalue weighted by molar-refractivity contribution is 0.628. The third-order valence-electron chi connectivity index (χ3n) is 3.00. The molecule has 0 aliphatic heterocycles. The summed E-state index contributed by atoms with van der Waals surface area (Å²) in [5, 5.41) is 12.3. The molecule has 0 fully saturated rings. The average Bonchev–Trinajstić information content (AvgIpc) is 2.37. The zero-order chi connectivity index (χ0) is 13.8. The number of rotatable bonds is 3. The van der Waals surface area contributed by atoms with E-state index in [2.05, 4.69) is 11.4 Å². The minimum absolute atomic E-state index is 0.317. The van der Waals surface area contributed by atoms with E-state index in [4.69, 9.17) is 0 Å². The molecule has 0 radical (unpaired) electrons. The van der Waals surface area contributed by atoms with Crippen molar-refractivity contribution in [3.05, 3.63) is 65.0 Å². The minimum atomic E-state index is -0.484. The highest BCUT2D eigenvalue weighted by Crippen LogP contribution is 2.23. The van der Waals surface area contributed by atoms with Crippen LogP contribution in [-0.2, 0) is 0 Å². The summed E-state index contributed by atoms with van der Waals surface area (Å²) in [5.41, 5.74) is 3.73. The quantitative estimate of drug-likeness (QED) is 0.894. The Kier molecular flexibility index (Phi) is 3.82. The Morgan fingerprint density at radius 3 is 2.58 bits per heavy atom. The first-order valence-electron chi connectivity index (χ1n) is 6.09. The van der Waals surface area contributed by atoms with Crippen molar-refractivity contribution in [2.45, 2.75) is 19.9 Å². The number of aryl methyl sites for hydroxylation is 2. The Hall–Kier alpha value is -2.34. The first-order valence-corrected chi connectivity index (χ1v) is 6.09. The molecule has 0 saturated heterocycles. The molecule has 0 amide bonds. The van der Waals surface area contributed by atoms with E-state index in [-0.39, 0.29) is 5.82 Å². The second kappa shape index (κ2) is 5.53. The monoisotopic (exact) mass is 254 g/mol. The number of halogens is 1. The normalized spacial score (nSPS) is 11.7. The fourth-order valence-electron chi connectivity index (χ4n) is 2.07. The average molecular weight is 254 g/mol. The van der Waals surface area contributed by atoms with Crippen molar-refractivity contribution in [2.75, 3.05) is 5.32 Å². The van der Waals surface area contributed by atoms with Gasteiger partial charge in [-0.3, -0.25) is 0 Å². The van der Waals surface area contributed by atoms with Crippen molar-refractivity contribution in [3.8, 4) is 6.07 Å². The zero-order valence-electron chi connectivity index (χ0n) is 10.9. The molecule has 0 spiro atoms. The van der Waals surface area contributed by atoms with E-state index in [0.717, 1.165) is 16.7 Å². The highest BCUT2D eigenvalue weighted by atomic mass is 19.1. The number of hydrogen-bond donors (Lipinski definition) is 1. The van der Waals surface area contributed by atoms with Crippen LogP contribution in [0.2, 0.25) is 0 Å². The molecule has 1 N–H and O–H groups in total. The van der Waals surface area contributed by atoms with E-state index in [1.807, 2.05) is 32.0 Å². The van der Waals surface area contributed by atoms with Gasteiger partial charge in [-0.15, -0.1) is 0 Å². The van der Waals surface area contributed by atoms with Crippen molar-refractivity contribution in [3.63, 3.8) is 0 Å². The van der Waals surface area contributed by atoms with Gasteiger partial charge in [0.2, 0.25) is 0 Å². The fraction of sp³-hybridized carbons (Fsp3) is 0.188. The largest absolute Gasteiger partial charge is 0.366 e. The molecular weight excluding hydrogens is 239 g/mol. The van der Waals surface area contributed by atoms with Crippen LogP contribution in [0.25, 0.3) is 0 Å². The molecule has 96 valence electrons. The van der Waals surface area contributed by atoms with Gasteiger partial charge in [0.25, 0.3) is 0 Å². The molecule has 0 aromatic heterocycles. The first kappa shape index (κ1) is 13.1. The maximum Gasteiger partial charge on any atom is 0.140 e. The third-order valence-corrected chi connectivity index (χ3v) is 3.00. The van der Waals surface area contributed by atoms with Crippen LogP contribution in [0.5, 0.6) is 0 Å². The second-order valence-corrected chi connectivity index (χ2v) is 4.58. The van der Waals surface area contributed by atoms with Crippen molar-refractivity contribution >= 4 is 5.69 Å². The Bertz CT molecular complexity index is 629. The standard InChI is InChI=1S/C16H15FN2/c1-11-6-7-15(12(2)8-11)16(10-18)19-14-5-3-4-13(17)9-14/h3-9,16,19H,1-2H3. The highest BCUT2D eigenvalue weighted by Gasteiger charge is 2.13. The predicted octanol–water partition coefficient (Wildman–Crippen LogP) is 4.12. The lowest BCUT2D eigenvalue weighted by Gasteiger charge is -2.16. The number of benzene rings is 2. The van der Waals surface area contributed by atoms with Crippen LogP contribution in [0.15, 0.2) is 42.5 Å². The molecule has 0 aliphatic carbocycles. The van der Waals surface area contributed by atoms with E-state index in [1.165, 1.54) is 12.1 Å². The number of anilines is 1. The van der Waals surface area contributed by atoms with Gasteiger partial charge < -0.3 is 5.32 Å². The molecule has 0 aliphatic rings.